The number of amides is 1. The molecule has 0 saturated carbocycles. The molecule has 1 aliphatic rings. The molecule has 1 saturated heterocycles. The van der Waals surface area contributed by atoms with Crippen molar-refractivity contribution in [2.24, 2.45) is 0 Å². The number of hydrogen-bond donors (Lipinski definition) is 2. The minimum atomic E-state index is -0.140. The van der Waals surface area contributed by atoms with Gasteiger partial charge in [0, 0.05) is 19.0 Å². The average Bonchev–Trinajstić information content (AvgIpc) is 2.81. The van der Waals surface area contributed by atoms with Crippen LogP contribution in [0.2, 0.25) is 0 Å². The number of phenolic OH excluding ortho intramolecular Hbond substituents is 1. The molecule has 0 spiro atoms. The molecule has 0 aromatic heterocycles. The van der Waals surface area contributed by atoms with Crippen LogP contribution >= 0.6 is 0 Å². The molecule has 1 amide bonds. The lowest BCUT2D eigenvalue weighted by molar-refractivity contribution is -0.132. The molecule has 0 aliphatic carbocycles. The summed E-state index contributed by atoms with van der Waals surface area (Å²) in [4.78, 5) is 25.7. The van der Waals surface area contributed by atoms with Gasteiger partial charge >= 0.3 is 0 Å². The molecule has 2 rings (SSSR count). The number of carbonyl (C=O) groups is 2. The predicted octanol–water partition coefficient (Wildman–Crippen LogP) is 1.10. The van der Waals surface area contributed by atoms with Gasteiger partial charge in [-0.1, -0.05) is 12.1 Å². The maximum absolute atomic E-state index is 12.3. The normalized spacial score (nSPS) is 19.8. The van der Waals surface area contributed by atoms with E-state index in [1.165, 1.54) is 0 Å². The Labute approximate surface area is 125 Å². The van der Waals surface area contributed by atoms with E-state index in [1.54, 1.807) is 26.1 Å². The molecule has 1 aromatic carbocycles. The highest BCUT2D eigenvalue weighted by Crippen LogP contribution is 2.21. The van der Waals surface area contributed by atoms with Gasteiger partial charge in [-0.2, -0.15) is 0 Å². The Bertz CT molecular complexity index is 513. The van der Waals surface area contributed by atoms with E-state index in [0.717, 1.165) is 12.0 Å². The summed E-state index contributed by atoms with van der Waals surface area (Å²) in [6, 6.07) is 6.67. The van der Waals surface area contributed by atoms with E-state index < -0.39 is 0 Å². The van der Waals surface area contributed by atoms with Gasteiger partial charge in [-0.25, -0.2) is 0 Å². The van der Waals surface area contributed by atoms with Gasteiger partial charge < -0.3 is 15.3 Å². The van der Waals surface area contributed by atoms with Gasteiger partial charge in [0.1, 0.15) is 11.5 Å². The van der Waals surface area contributed by atoms with E-state index in [0.29, 0.717) is 19.4 Å². The highest BCUT2D eigenvalue weighted by Gasteiger charge is 2.35. The molecule has 114 valence electrons. The molecule has 1 heterocycles. The van der Waals surface area contributed by atoms with E-state index >= 15 is 0 Å². The number of phenols is 1. The number of nitrogens with zero attached hydrogens (tertiary/aromatic N) is 1. The smallest absolute Gasteiger partial charge is 0.240 e. The van der Waals surface area contributed by atoms with E-state index in [9.17, 15) is 14.7 Å². The molecule has 2 N–H and O–H groups in total. The molecule has 2 unspecified atom stereocenters. The van der Waals surface area contributed by atoms with E-state index in [4.69, 9.17) is 0 Å². The third-order valence-corrected chi connectivity index (χ3v) is 3.96. The fourth-order valence-electron chi connectivity index (χ4n) is 2.86. The van der Waals surface area contributed by atoms with Crippen molar-refractivity contribution in [3.8, 4) is 5.75 Å². The fourth-order valence-corrected chi connectivity index (χ4v) is 2.86. The topological polar surface area (TPSA) is 69.6 Å². The molecule has 5 nitrogen and oxygen atoms in total. The summed E-state index contributed by atoms with van der Waals surface area (Å²) in [5.41, 5.74) is 1.01. The lowest BCUT2D eigenvalue weighted by atomic mass is 10.00. The van der Waals surface area contributed by atoms with Crippen LogP contribution in [-0.4, -0.2) is 47.4 Å². The number of Topliss-reactive ketones (excluding diaryl/α,β-unsaturated/α-hetero) is 1. The first-order valence-electron chi connectivity index (χ1n) is 7.26. The number of carbonyl (C=O) groups excluding carboxylic acids is 2. The van der Waals surface area contributed by atoms with Crippen molar-refractivity contribution in [3.63, 3.8) is 0 Å². The molecule has 2 atom stereocenters. The maximum atomic E-state index is 12.3. The van der Waals surface area contributed by atoms with Crippen molar-refractivity contribution < 1.29 is 14.7 Å². The molecule has 1 aliphatic heterocycles. The predicted molar refractivity (Wildman–Crippen MR) is 80.1 cm³/mol. The van der Waals surface area contributed by atoms with Crippen LogP contribution in [0.15, 0.2) is 24.3 Å². The van der Waals surface area contributed by atoms with Crippen LogP contribution in [0.1, 0.15) is 25.3 Å². The highest BCUT2D eigenvalue weighted by atomic mass is 16.3. The van der Waals surface area contributed by atoms with Gasteiger partial charge in [0.15, 0.2) is 0 Å². The quantitative estimate of drug-likeness (QED) is 0.823. The van der Waals surface area contributed by atoms with Crippen LogP contribution in [0.3, 0.4) is 0 Å². The lowest BCUT2D eigenvalue weighted by Crippen LogP contribution is -2.43. The first kappa shape index (κ1) is 15.5. The number of likely N-dealkylation sites (tertiary alicyclic amines) is 1. The standard InChI is InChI=1S/C16H22N2O3/c1-11(19)9-13(10-12-3-5-14(20)6-4-12)18-8-7-15(17-2)16(18)21/h3-6,13,15,17,20H,7-10H2,1-2H3. The first-order valence-corrected chi connectivity index (χ1v) is 7.26. The molecular formula is C16H22N2O3. The number of hydrogen-bond acceptors (Lipinski definition) is 4. The van der Waals surface area contributed by atoms with Gasteiger partial charge in [-0.15, -0.1) is 0 Å². The number of ketones is 1. The van der Waals surface area contributed by atoms with Crippen molar-refractivity contribution in [1.82, 2.24) is 10.2 Å². The second-order valence-electron chi connectivity index (χ2n) is 5.59. The summed E-state index contributed by atoms with van der Waals surface area (Å²) >= 11 is 0. The van der Waals surface area contributed by atoms with Crippen LogP contribution in [0.25, 0.3) is 0 Å². The van der Waals surface area contributed by atoms with Crippen LogP contribution < -0.4 is 5.32 Å². The maximum Gasteiger partial charge on any atom is 0.240 e. The number of nitrogens with one attached hydrogen (secondary N) is 1. The van der Waals surface area contributed by atoms with Crippen molar-refractivity contribution >= 4 is 11.7 Å². The summed E-state index contributed by atoms with van der Waals surface area (Å²) in [5, 5.41) is 12.3. The second-order valence-corrected chi connectivity index (χ2v) is 5.59. The van der Waals surface area contributed by atoms with Crippen LogP contribution in [-0.2, 0) is 16.0 Å². The molecule has 1 fully saturated rings. The number of benzene rings is 1. The minimum Gasteiger partial charge on any atom is -0.508 e. The number of aromatic hydroxyl groups is 1. The molecular weight excluding hydrogens is 268 g/mol. The lowest BCUT2D eigenvalue weighted by Gasteiger charge is -2.27. The van der Waals surface area contributed by atoms with Crippen molar-refractivity contribution in [3.05, 3.63) is 29.8 Å². The number of likely N-dealkylation sites (N-methyl/N-ethyl adjacent to an activating group) is 1. The fraction of sp³-hybridized carbons (Fsp3) is 0.500. The number of rotatable bonds is 6. The minimum absolute atomic E-state index is 0.0718. The zero-order chi connectivity index (χ0) is 15.4. The summed E-state index contributed by atoms with van der Waals surface area (Å²) in [7, 11) is 1.78. The van der Waals surface area contributed by atoms with E-state index in [1.807, 2.05) is 17.0 Å². The Hall–Kier alpha value is -1.88. The zero-order valence-corrected chi connectivity index (χ0v) is 12.5. The van der Waals surface area contributed by atoms with Crippen LogP contribution in [0, 0.1) is 0 Å². The Morgan fingerprint density at radius 1 is 1.43 bits per heavy atom. The van der Waals surface area contributed by atoms with Crippen molar-refractivity contribution in [2.45, 2.75) is 38.3 Å². The molecule has 0 radical (unpaired) electrons. The second kappa shape index (κ2) is 6.72. The molecule has 21 heavy (non-hydrogen) atoms. The molecule has 1 aromatic rings. The Balaban J connectivity index is 2.13. The van der Waals surface area contributed by atoms with Crippen molar-refractivity contribution in [2.75, 3.05) is 13.6 Å². The Morgan fingerprint density at radius 3 is 2.62 bits per heavy atom. The zero-order valence-electron chi connectivity index (χ0n) is 12.5. The van der Waals surface area contributed by atoms with E-state index in [-0.39, 0.29) is 29.5 Å². The highest BCUT2D eigenvalue weighted by molar-refractivity contribution is 5.85. The Morgan fingerprint density at radius 2 is 2.10 bits per heavy atom. The van der Waals surface area contributed by atoms with Gasteiger partial charge in [0.25, 0.3) is 0 Å². The van der Waals surface area contributed by atoms with Gasteiger partial charge in [-0.3, -0.25) is 9.59 Å². The molecule has 5 heteroatoms. The third-order valence-electron chi connectivity index (χ3n) is 3.96. The summed E-state index contributed by atoms with van der Waals surface area (Å²) in [6.45, 7) is 2.24. The average molecular weight is 290 g/mol. The third kappa shape index (κ3) is 3.82. The summed E-state index contributed by atoms with van der Waals surface area (Å²) < 4.78 is 0. The first-order chi connectivity index (χ1) is 10.0. The summed E-state index contributed by atoms with van der Waals surface area (Å²) in [6.07, 6.45) is 1.77. The van der Waals surface area contributed by atoms with Gasteiger partial charge in [0.2, 0.25) is 5.91 Å². The van der Waals surface area contributed by atoms with Crippen LogP contribution in [0.4, 0.5) is 0 Å². The Kier molecular flexibility index (Phi) is 4.96. The van der Waals surface area contributed by atoms with Gasteiger partial charge in [0.05, 0.1) is 6.04 Å². The SMILES string of the molecule is CNC1CCN(C(CC(C)=O)Cc2ccc(O)cc2)C1=O. The monoisotopic (exact) mass is 290 g/mol. The van der Waals surface area contributed by atoms with Crippen molar-refractivity contribution in [1.29, 1.82) is 0 Å². The summed E-state index contributed by atoms with van der Waals surface area (Å²) in [5.74, 6) is 0.372. The largest absolute Gasteiger partial charge is 0.508 e. The van der Waals surface area contributed by atoms with E-state index in [2.05, 4.69) is 5.32 Å². The van der Waals surface area contributed by atoms with Gasteiger partial charge in [-0.05, 0) is 44.5 Å². The molecule has 0 bridgehead atoms. The van der Waals surface area contributed by atoms with Crippen LogP contribution in [0.5, 0.6) is 5.75 Å².